The number of nitriles is 4. The highest BCUT2D eigenvalue weighted by Gasteiger charge is 2.42. The first-order chi connectivity index (χ1) is 45.2. The van der Waals surface area contributed by atoms with E-state index in [1.807, 2.05) is 58.0 Å². The number of ether oxygens (including phenoxy) is 2. The van der Waals surface area contributed by atoms with Crippen LogP contribution in [0.15, 0.2) is 129 Å². The van der Waals surface area contributed by atoms with E-state index in [0.717, 1.165) is 39.6 Å². The number of rotatable bonds is 4. The zero-order valence-electron chi connectivity index (χ0n) is 48.6. The van der Waals surface area contributed by atoms with Crippen LogP contribution in [0.4, 0.5) is 17.6 Å². The molecule has 0 amide bonds. The first-order valence-electron chi connectivity index (χ1n) is 28.6. The third-order valence-corrected chi connectivity index (χ3v) is 22.3. The van der Waals surface area contributed by atoms with Gasteiger partial charge in [-0.25, -0.2) is 37.5 Å². The second-order valence-corrected chi connectivity index (χ2v) is 28.0. The number of aromatic nitrogens is 4. The molecule has 0 saturated carbocycles. The number of fused-ring (bicyclic) bond motifs is 16. The molecule has 22 heteroatoms. The largest absolute Gasteiger partial charge is 0.482 e. The second-order valence-electron chi connectivity index (χ2n) is 23.7. The summed E-state index contributed by atoms with van der Waals surface area (Å²) in [4.78, 5) is 84.0. The van der Waals surface area contributed by atoms with Crippen molar-refractivity contribution in [2.75, 3.05) is 0 Å². The number of allylic oxidation sites excluding steroid dienone is 6. The highest BCUT2D eigenvalue weighted by molar-refractivity contribution is 7.25. The van der Waals surface area contributed by atoms with Crippen LogP contribution in [0.3, 0.4) is 0 Å². The number of thiophene rings is 4. The summed E-state index contributed by atoms with van der Waals surface area (Å²) in [7, 11) is 0. The lowest BCUT2D eigenvalue weighted by Crippen LogP contribution is -2.27. The van der Waals surface area contributed by atoms with Crippen molar-refractivity contribution in [2.45, 2.75) is 38.9 Å². The van der Waals surface area contributed by atoms with E-state index in [0.29, 0.717) is 101 Å². The topological polar surface area (TPSA) is 233 Å². The number of benzene rings is 5. The molecule has 6 aromatic heterocycles. The van der Waals surface area contributed by atoms with Crippen molar-refractivity contribution in [3.8, 4) is 76.2 Å². The van der Waals surface area contributed by atoms with E-state index in [2.05, 4.69) is 0 Å². The molecule has 0 saturated heterocycles. The maximum absolute atomic E-state index is 14.8. The van der Waals surface area contributed by atoms with Gasteiger partial charge in [0.25, 0.3) is 0 Å². The number of ketones is 2. The predicted molar refractivity (Wildman–Crippen MR) is 352 cm³/mol. The average Bonchev–Trinajstić information content (AvgIpc) is 1.44. The molecule has 8 heterocycles. The van der Waals surface area contributed by atoms with Gasteiger partial charge in [-0.2, -0.15) is 21.0 Å². The summed E-state index contributed by atoms with van der Waals surface area (Å²) in [6.45, 7) is 7.51. The van der Waals surface area contributed by atoms with Gasteiger partial charge in [0, 0.05) is 96.7 Å². The number of carbonyl (C=O) groups excluding carboxylic acids is 2. The number of Topliss-reactive ketones (excluding diaryl/α,β-unsaturated/α-hetero) is 2. The van der Waals surface area contributed by atoms with Crippen LogP contribution >= 0.6 is 45.3 Å². The van der Waals surface area contributed by atoms with Crippen LogP contribution in [-0.4, -0.2) is 31.5 Å². The number of halogens is 4. The normalized spacial score (nSPS) is 15.7. The third-order valence-electron chi connectivity index (χ3n) is 17.6. The van der Waals surface area contributed by atoms with Gasteiger partial charge in [0.05, 0.1) is 19.5 Å². The summed E-state index contributed by atoms with van der Waals surface area (Å²) < 4.78 is 72.7. The summed E-state index contributed by atoms with van der Waals surface area (Å²) >= 11 is 5.21. The molecular formula is C72H30F4N8O6S4. The molecule has 0 bridgehead atoms. The molecule has 0 unspecified atom stereocenters. The fourth-order valence-corrected chi connectivity index (χ4v) is 18.4. The van der Waals surface area contributed by atoms with Crippen LogP contribution in [0.1, 0.15) is 80.4 Å². The first-order valence-corrected chi connectivity index (χ1v) is 31.9. The van der Waals surface area contributed by atoms with Gasteiger partial charge in [0.2, 0.25) is 10.9 Å². The van der Waals surface area contributed by atoms with Crippen LogP contribution < -0.4 is 20.3 Å². The van der Waals surface area contributed by atoms with Gasteiger partial charge in [0.15, 0.2) is 34.8 Å². The monoisotopic (exact) mass is 1310 g/mol. The molecule has 17 rings (SSSR count). The van der Waals surface area contributed by atoms with Crippen molar-refractivity contribution in [1.82, 2.24) is 19.9 Å². The fourth-order valence-electron chi connectivity index (χ4n) is 13.4. The molecular weight excluding hydrogens is 1280 g/mol. The Labute approximate surface area is 541 Å². The number of carbonyl (C=O) groups is 2. The van der Waals surface area contributed by atoms with Crippen molar-refractivity contribution in [3.05, 3.63) is 206 Å². The van der Waals surface area contributed by atoms with E-state index in [4.69, 9.17) is 29.4 Å². The van der Waals surface area contributed by atoms with Crippen molar-refractivity contribution < 1.29 is 36.6 Å². The van der Waals surface area contributed by atoms with E-state index in [-0.39, 0.29) is 77.5 Å². The molecule has 7 aromatic carbocycles. The Morgan fingerprint density at radius 2 is 0.798 bits per heavy atom. The number of hydrogen-bond acceptors (Lipinski definition) is 18. The number of hydrogen-bond donors (Lipinski definition) is 0. The lowest BCUT2D eigenvalue weighted by Gasteiger charge is -2.31. The quantitative estimate of drug-likeness (QED) is 0.0690. The highest BCUT2D eigenvalue weighted by Crippen LogP contribution is 2.59. The molecule has 0 fully saturated rings. The fraction of sp³-hybridized carbons (Fsp3) is 0.0833. The third kappa shape index (κ3) is 7.73. The zero-order chi connectivity index (χ0) is 65.0. The smallest absolute Gasteiger partial charge is 0.214 e. The van der Waals surface area contributed by atoms with E-state index in [1.165, 1.54) is 57.5 Å². The van der Waals surface area contributed by atoms with Crippen LogP contribution in [-0.2, 0) is 11.2 Å². The molecule has 0 radical (unpaired) electrons. The SMILES string of the molecule is CC1(C)Oc2cc(-c3c4nc5c(nc4c(-c4cc6c(s4)-c4sc(/C=C7\C(=O)c8cc(F)c(F)cc8C7=C(C#N)C#N)cc4OC6(C)C)c4nc6c(nc34)c(=O)c3ccccc36)c(=O)c3ccccc35)sc2-c2sc(/C=C3\C(=O)c4cc(F)c(F)cc4C3=C(C#N)C#N)cc21. The second kappa shape index (κ2) is 19.5. The van der Waals surface area contributed by atoms with Crippen molar-refractivity contribution in [1.29, 1.82) is 21.0 Å². The maximum Gasteiger partial charge on any atom is 0.214 e. The standard InChI is InChI=1S/C72H30F4N8O6S4/c1-71(2)41-15-29(13-39-51(27(23-77)24-78)35-17-43(73)45(75)19-37(35)63(39)85)91-67(41)70-48(90-71)22-50(94-70)54-58-59(83-61-56(82-58)32-10-6-8-12-34(32)65(61)87)53(57-60(54)84-62-55(81-57)31-9-5-7-11-33(31)66(62)88)49-21-42-68(93-49)69-47(89-72(42,3)4)16-30(92-69)14-40-52(28(25-79)26-80)36-18-44(74)46(76)20-38(36)64(40)86/h5-22H,1-4H3/b39-13-,40-14-. The molecule has 2 aliphatic carbocycles. The van der Waals surface area contributed by atoms with Crippen molar-refractivity contribution in [3.63, 3.8) is 0 Å². The van der Waals surface area contributed by atoms with Gasteiger partial charge in [-0.05, 0) is 99.5 Å². The molecule has 0 spiro atoms. The molecule has 0 atom stereocenters. The van der Waals surface area contributed by atoms with Gasteiger partial charge >= 0.3 is 0 Å². The Hall–Kier alpha value is -11.5. The minimum atomic E-state index is -1.27. The highest BCUT2D eigenvalue weighted by atomic mass is 32.1. The molecule has 4 aliphatic rings. The van der Waals surface area contributed by atoms with Gasteiger partial charge in [0.1, 0.15) is 102 Å². The minimum absolute atomic E-state index is 0.0820. The summed E-state index contributed by atoms with van der Waals surface area (Å²) in [6, 6.07) is 31.9. The van der Waals surface area contributed by atoms with Crippen LogP contribution in [0.2, 0.25) is 0 Å². The maximum atomic E-state index is 14.8. The molecule has 14 nitrogen and oxygen atoms in total. The van der Waals surface area contributed by atoms with Gasteiger partial charge in [-0.15, -0.1) is 45.3 Å². The lowest BCUT2D eigenvalue weighted by molar-refractivity contribution is 0.103. The summed E-state index contributed by atoms with van der Waals surface area (Å²) in [5.74, 6) is -5.59. The molecule has 2 aliphatic heterocycles. The first kappa shape index (κ1) is 56.5. The summed E-state index contributed by atoms with van der Waals surface area (Å²) in [6.07, 6.45) is 2.98. The van der Waals surface area contributed by atoms with Gasteiger partial charge in [-0.3, -0.25) is 19.2 Å². The molecule has 94 heavy (non-hydrogen) atoms. The Bertz CT molecular complexity index is 6300. The zero-order valence-corrected chi connectivity index (χ0v) is 51.8. The van der Waals surface area contributed by atoms with Crippen molar-refractivity contribution in [2.24, 2.45) is 0 Å². The Morgan fingerprint density at radius 1 is 0.436 bits per heavy atom. The lowest BCUT2D eigenvalue weighted by atomic mass is 9.93. The number of nitrogens with zero attached hydrogens (tertiary/aromatic N) is 8. The average molecular weight is 1310 g/mol. The van der Waals surface area contributed by atoms with E-state index in [9.17, 15) is 57.8 Å². The van der Waals surface area contributed by atoms with Gasteiger partial charge in [-0.1, -0.05) is 48.5 Å². The van der Waals surface area contributed by atoms with E-state index >= 15 is 0 Å². The molecule has 13 aromatic rings. The van der Waals surface area contributed by atoms with E-state index < -0.39 is 57.2 Å². The van der Waals surface area contributed by atoms with Crippen LogP contribution in [0.5, 0.6) is 11.5 Å². The van der Waals surface area contributed by atoms with Crippen LogP contribution in [0.25, 0.3) is 129 Å². The Morgan fingerprint density at radius 3 is 1.27 bits per heavy atom. The predicted octanol–water partition coefficient (Wildman–Crippen LogP) is 16.7. The summed E-state index contributed by atoms with van der Waals surface area (Å²) in [5.41, 5.74) is -0.563. The van der Waals surface area contributed by atoms with Crippen molar-refractivity contribution >= 4 is 146 Å². The van der Waals surface area contributed by atoms with Crippen LogP contribution in [0, 0.1) is 68.6 Å². The Balaban J connectivity index is 0.906. The summed E-state index contributed by atoms with van der Waals surface area (Å²) in [5, 5.41) is 42.1. The molecule has 0 N–H and O–H groups in total. The Kier molecular flexibility index (Phi) is 11.7. The van der Waals surface area contributed by atoms with Gasteiger partial charge < -0.3 is 9.47 Å². The minimum Gasteiger partial charge on any atom is -0.482 e. The molecule has 446 valence electrons. The van der Waals surface area contributed by atoms with E-state index in [1.54, 1.807) is 66.7 Å².